The van der Waals surface area contributed by atoms with Gasteiger partial charge in [-0.1, -0.05) is 13.8 Å². The van der Waals surface area contributed by atoms with Crippen LogP contribution in [0, 0.1) is 5.92 Å². The summed E-state index contributed by atoms with van der Waals surface area (Å²) >= 11 is 0. The summed E-state index contributed by atoms with van der Waals surface area (Å²) in [5.74, 6) is -0.314. The third-order valence-corrected chi connectivity index (χ3v) is 1.35. The zero-order chi connectivity index (χ0) is 8.36. The van der Waals surface area contributed by atoms with Gasteiger partial charge in [-0.15, -0.1) is 0 Å². The van der Waals surface area contributed by atoms with Crippen LogP contribution in [0.3, 0.4) is 0 Å². The first-order valence-corrected chi connectivity index (χ1v) is 3.41. The number of rotatable bonds is 3. The maximum Gasteiger partial charge on any atom is 0.258 e. The predicted octanol–water partition coefficient (Wildman–Crippen LogP) is 0.559. The zero-order valence-corrected chi connectivity index (χ0v) is 6.77. The maximum atomic E-state index is 10.5. The van der Waals surface area contributed by atoms with Crippen molar-refractivity contribution in [3.63, 3.8) is 0 Å². The van der Waals surface area contributed by atoms with E-state index >= 15 is 0 Å². The van der Waals surface area contributed by atoms with E-state index in [1.54, 1.807) is 6.92 Å². The molecule has 3 nitrogen and oxygen atoms in total. The Morgan fingerprint density at radius 1 is 1.70 bits per heavy atom. The molecule has 0 aromatic carbocycles. The molecule has 0 unspecified atom stereocenters. The Bertz CT molecular complexity index is 130. The van der Waals surface area contributed by atoms with E-state index < -0.39 is 11.4 Å². The monoisotopic (exact) mass is 143 g/mol. The Morgan fingerprint density at radius 2 is 2.10 bits per heavy atom. The van der Waals surface area contributed by atoms with Gasteiger partial charge in [-0.3, -0.25) is 10.5 Å². The topological polar surface area (TPSA) is 66.9 Å². The van der Waals surface area contributed by atoms with E-state index in [-0.39, 0.29) is 0 Å². The molecule has 1 atom stereocenters. The molecule has 10 heavy (non-hydrogen) atoms. The number of hydrogen-bond acceptors (Lipinski definition) is 2. The van der Waals surface area contributed by atoms with E-state index in [0.717, 1.165) is 0 Å². The first-order valence-electron chi connectivity index (χ1n) is 3.41. The smallest absolute Gasteiger partial charge is 0.258 e. The van der Waals surface area contributed by atoms with Crippen LogP contribution in [-0.4, -0.2) is 11.4 Å². The van der Waals surface area contributed by atoms with E-state index in [1.165, 1.54) is 0 Å². The Labute approximate surface area is 61.8 Å². The van der Waals surface area contributed by atoms with Crippen LogP contribution in [0.1, 0.15) is 27.2 Å². The van der Waals surface area contributed by atoms with E-state index in [2.05, 4.69) is 0 Å². The first-order chi connectivity index (χ1) is 4.36. The van der Waals surface area contributed by atoms with Crippen molar-refractivity contribution in [1.29, 1.82) is 0 Å². The van der Waals surface area contributed by atoms with Crippen molar-refractivity contribution in [2.75, 3.05) is 0 Å². The number of nitrogens with one attached hydrogen (secondary N) is 1. The van der Waals surface area contributed by atoms with Crippen LogP contribution in [0.5, 0.6) is 0 Å². The predicted molar refractivity (Wildman–Crippen MR) is 40.2 cm³/mol. The van der Waals surface area contributed by atoms with E-state index in [1.807, 2.05) is 13.8 Å². The van der Waals surface area contributed by atoms with Gasteiger partial charge in [0.15, 0.2) is 0 Å². The standard InChI is InChI=1S/C7H15N2O/c1-5(2)4-7(3,9)6(8)10/h5,8H,4,9H2,1-3H3/t7-/m0/s1. The first kappa shape index (κ1) is 9.43. The molecular formula is C7H15N2O. The third-order valence-electron chi connectivity index (χ3n) is 1.35. The number of carbonyl (C=O) groups is 1. The van der Waals surface area contributed by atoms with Gasteiger partial charge >= 0.3 is 0 Å². The van der Waals surface area contributed by atoms with Gasteiger partial charge in [0, 0.05) is 0 Å². The SMILES string of the molecule is CC(C)C[C@](C)(N)C([NH])=O. The summed E-state index contributed by atoms with van der Waals surface area (Å²) in [6, 6.07) is 0. The molecule has 1 radical (unpaired) electrons. The molecule has 0 saturated heterocycles. The highest BCUT2D eigenvalue weighted by atomic mass is 16.1. The minimum atomic E-state index is -0.950. The van der Waals surface area contributed by atoms with Gasteiger partial charge in [0.05, 0.1) is 5.54 Å². The van der Waals surface area contributed by atoms with Crippen LogP contribution in [-0.2, 0) is 4.79 Å². The highest BCUT2D eigenvalue weighted by Gasteiger charge is 2.26. The second-order valence-corrected chi connectivity index (χ2v) is 3.34. The molecule has 3 heteroatoms. The second kappa shape index (κ2) is 3.01. The van der Waals surface area contributed by atoms with E-state index in [9.17, 15) is 4.79 Å². The average Bonchev–Trinajstić information content (AvgIpc) is 1.60. The molecule has 0 bridgehead atoms. The van der Waals surface area contributed by atoms with Crippen LogP contribution < -0.4 is 11.5 Å². The van der Waals surface area contributed by atoms with Crippen molar-refractivity contribution < 1.29 is 4.79 Å². The molecule has 0 aromatic rings. The molecule has 0 fully saturated rings. The third kappa shape index (κ3) is 2.82. The quantitative estimate of drug-likeness (QED) is 0.627. The fraction of sp³-hybridized carbons (Fsp3) is 0.857. The summed E-state index contributed by atoms with van der Waals surface area (Å²) in [7, 11) is 0. The largest absolute Gasteiger partial charge is 0.318 e. The van der Waals surface area contributed by atoms with E-state index in [0.29, 0.717) is 12.3 Å². The molecular weight excluding hydrogens is 128 g/mol. The van der Waals surface area contributed by atoms with Crippen molar-refractivity contribution >= 4 is 5.91 Å². The maximum absolute atomic E-state index is 10.5. The van der Waals surface area contributed by atoms with Gasteiger partial charge in [-0.05, 0) is 19.3 Å². The normalized spacial score (nSPS) is 16.9. The summed E-state index contributed by atoms with van der Waals surface area (Å²) in [6.45, 7) is 5.56. The van der Waals surface area contributed by atoms with Crippen LogP contribution in [0.4, 0.5) is 0 Å². The fourth-order valence-corrected chi connectivity index (χ4v) is 0.941. The Balaban J connectivity index is 4.00. The average molecular weight is 143 g/mol. The lowest BCUT2D eigenvalue weighted by atomic mass is 9.91. The number of carbonyl (C=O) groups excluding carboxylic acids is 1. The fourth-order valence-electron chi connectivity index (χ4n) is 0.941. The minimum Gasteiger partial charge on any atom is -0.318 e. The molecule has 0 aliphatic carbocycles. The second-order valence-electron chi connectivity index (χ2n) is 3.34. The molecule has 3 N–H and O–H groups in total. The molecule has 0 aromatic heterocycles. The number of hydrogen-bond donors (Lipinski definition) is 1. The van der Waals surface area contributed by atoms with Gasteiger partial charge in [0.2, 0.25) is 0 Å². The highest BCUT2D eigenvalue weighted by Crippen LogP contribution is 2.12. The van der Waals surface area contributed by atoms with Gasteiger partial charge < -0.3 is 5.73 Å². The van der Waals surface area contributed by atoms with Crippen molar-refractivity contribution in [3.05, 3.63) is 0 Å². The highest BCUT2D eigenvalue weighted by molar-refractivity contribution is 5.83. The van der Waals surface area contributed by atoms with Crippen molar-refractivity contribution in [3.8, 4) is 0 Å². The van der Waals surface area contributed by atoms with Gasteiger partial charge in [0.25, 0.3) is 5.91 Å². The molecule has 0 rings (SSSR count). The molecule has 0 spiro atoms. The lowest BCUT2D eigenvalue weighted by Gasteiger charge is -2.21. The Morgan fingerprint density at radius 3 is 2.20 bits per heavy atom. The lowest BCUT2D eigenvalue weighted by Crippen LogP contribution is -2.46. The number of nitrogens with two attached hydrogens (primary N) is 1. The van der Waals surface area contributed by atoms with Gasteiger partial charge in [-0.2, -0.15) is 0 Å². The summed E-state index contributed by atoms with van der Waals surface area (Å²) in [4.78, 5) is 10.5. The summed E-state index contributed by atoms with van der Waals surface area (Å²) in [5.41, 5.74) is 11.4. The Hall–Kier alpha value is -0.570. The lowest BCUT2D eigenvalue weighted by molar-refractivity contribution is -0.123. The van der Waals surface area contributed by atoms with E-state index in [4.69, 9.17) is 11.5 Å². The zero-order valence-electron chi connectivity index (χ0n) is 6.77. The van der Waals surface area contributed by atoms with Crippen LogP contribution in [0.15, 0.2) is 0 Å². The van der Waals surface area contributed by atoms with Gasteiger partial charge in [-0.25, -0.2) is 0 Å². The molecule has 0 aliphatic rings. The minimum absolute atomic E-state index is 0.365. The molecule has 1 amide bonds. The summed E-state index contributed by atoms with van der Waals surface area (Å²) in [6.07, 6.45) is 0.579. The van der Waals surface area contributed by atoms with Crippen molar-refractivity contribution in [1.82, 2.24) is 5.73 Å². The Kier molecular flexibility index (Phi) is 2.84. The van der Waals surface area contributed by atoms with Crippen molar-refractivity contribution in [2.24, 2.45) is 11.7 Å². The van der Waals surface area contributed by atoms with Gasteiger partial charge in [0.1, 0.15) is 0 Å². The van der Waals surface area contributed by atoms with Crippen molar-refractivity contribution in [2.45, 2.75) is 32.7 Å². The summed E-state index contributed by atoms with van der Waals surface area (Å²) < 4.78 is 0. The van der Waals surface area contributed by atoms with Crippen LogP contribution in [0.25, 0.3) is 0 Å². The number of amides is 1. The van der Waals surface area contributed by atoms with Crippen LogP contribution in [0.2, 0.25) is 0 Å². The molecule has 0 aliphatic heterocycles. The molecule has 0 heterocycles. The van der Waals surface area contributed by atoms with Crippen LogP contribution >= 0.6 is 0 Å². The molecule has 59 valence electrons. The summed E-state index contributed by atoms with van der Waals surface area (Å²) in [5, 5.41) is 0. The molecule has 0 saturated carbocycles.